The molecule has 2 aromatic carbocycles. The first kappa shape index (κ1) is 14.8. The molecule has 0 saturated carbocycles. The van der Waals surface area contributed by atoms with Gasteiger partial charge < -0.3 is 14.6 Å². The number of esters is 1. The molecule has 0 radical (unpaired) electrons. The predicted octanol–water partition coefficient (Wildman–Crippen LogP) is 2.93. The molecule has 0 aliphatic carbocycles. The zero-order chi connectivity index (χ0) is 16.2. The van der Waals surface area contributed by atoms with Gasteiger partial charge >= 0.3 is 5.97 Å². The Morgan fingerprint density at radius 1 is 1.13 bits per heavy atom. The van der Waals surface area contributed by atoms with E-state index in [0.717, 1.165) is 10.8 Å². The van der Waals surface area contributed by atoms with Crippen molar-refractivity contribution >= 4 is 28.3 Å². The number of nitrogens with one attached hydrogen (secondary N) is 1. The van der Waals surface area contributed by atoms with E-state index in [9.17, 15) is 9.59 Å². The lowest BCUT2D eigenvalue weighted by molar-refractivity contribution is -0.119. The monoisotopic (exact) mass is 310 g/mol. The fourth-order valence-corrected chi connectivity index (χ4v) is 2.13. The lowest BCUT2D eigenvalue weighted by atomic mass is 10.1. The molecule has 6 nitrogen and oxygen atoms in total. The van der Waals surface area contributed by atoms with Gasteiger partial charge in [-0.25, -0.2) is 4.79 Å². The summed E-state index contributed by atoms with van der Waals surface area (Å²) in [6, 6.07) is 14.8. The van der Waals surface area contributed by atoms with Crippen molar-refractivity contribution < 1.29 is 18.8 Å². The highest BCUT2D eigenvalue weighted by molar-refractivity contribution is 5.96. The van der Waals surface area contributed by atoms with Gasteiger partial charge in [0, 0.05) is 11.8 Å². The fourth-order valence-electron chi connectivity index (χ4n) is 2.13. The smallest absolute Gasteiger partial charge is 0.361 e. The lowest BCUT2D eigenvalue weighted by Crippen LogP contribution is -2.21. The van der Waals surface area contributed by atoms with Crippen molar-refractivity contribution in [3.63, 3.8) is 0 Å². The van der Waals surface area contributed by atoms with Gasteiger partial charge in [-0.2, -0.15) is 0 Å². The second-order valence-corrected chi connectivity index (χ2v) is 5.01. The normalized spacial score (nSPS) is 10.5. The molecule has 116 valence electrons. The number of rotatable bonds is 4. The average molecular weight is 310 g/mol. The maximum Gasteiger partial charge on any atom is 0.361 e. The van der Waals surface area contributed by atoms with Crippen LogP contribution < -0.4 is 5.32 Å². The number of ether oxygens (including phenoxy) is 1. The lowest BCUT2D eigenvalue weighted by Gasteiger charge is -2.07. The zero-order valence-electron chi connectivity index (χ0n) is 12.4. The third-order valence-electron chi connectivity index (χ3n) is 3.20. The number of aromatic nitrogens is 1. The molecular weight excluding hydrogens is 296 g/mol. The van der Waals surface area contributed by atoms with E-state index >= 15 is 0 Å². The van der Waals surface area contributed by atoms with Crippen LogP contribution in [-0.2, 0) is 9.53 Å². The summed E-state index contributed by atoms with van der Waals surface area (Å²) in [5, 5.41) is 8.31. The largest absolute Gasteiger partial charge is 0.451 e. The van der Waals surface area contributed by atoms with Crippen molar-refractivity contribution in [2.24, 2.45) is 0 Å². The first-order valence-electron chi connectivity index (χ1n) is 7.01. The van der Waals surface area contributed by atoms with Gasteiger partial charge in [-0.3, -0.25) is 4.79 Å². The van der Waals surface area contributed by atoms with Crippen LogP contribution in [-0.4, -0.2) is 23.6 Å². The molecule has 6 heteroatoms. The molecule has 0 aliphatic heterocycles. The Bertz CT molecular complexity index is 870. The number of nitrogens with zero attached hydrogens (tertiary/aromatic N) is 1. The highest BCUT2D eigenvalue weighted by Gasteiger charge is 2.14. The van der Waals surface area contributed by atoms with Crippen molar-refractivity contribution in [2.45, 2.75) is 6.92 Å². The van der Waals surface area contributed by atoms with Crippen molar-refractivity contribution in [3.05, 3.63) is 60.0 Å². The van der Waals surface area contributed by atoms with Gasteiger partial charge in [0.05, 0.1) is 0 Å². The van der Waals surface area contributed by atoms with Crippen LogP contribution in [0.2, 0.25) is 0 Å². The fraction of sp³-hybridized carbons (Fsp3) is 0.118. The van der Waals surface area contributed by atoms with Gasteiger partial charge in [0.2, 0.25) is 0 Å². The first-order chi connectivity index (χ1) is 11.1. The highest BCUT2D eigenvalue weighted by Crippen LogP contribution is 2.18. The molecule has 0 bridgehead atoms. The summed E-state index contributed by atoms with van der Waals surface area (Å²) in [5.41, 5.74) is 0.683. The molecule has 1 amide bonds. The topological polar surface area (TPSA) is 81.4 Å². The molecule has 1 aromatic heterocycles. The van der Waals surface area contributed by atoms with Gasteiger partial charge in [-0.05, 0) is 29.8 Å². The number of benzene rings is 2. The van der Waals surface area contributed by atoms with Crippen LogP contribution in [0, 0.1) is 6.92 Å². The van der Waals surface area contributed by atoms with Crippen LogP contribution in [0.3, 0.4) is 0 Å². The van der Waals surface area contributed by atoms with Crippen molar-refractivity contribution in [1.29, 1.82) is 0 Å². The second-order valence-electron chi connectivity index (χ2n) is 5.01. The van der Waals surface area contributed by atoms with Gasteiger partial charge in [-0.15, -0.1) is 0 Å². The van der Waals surface area contributed by atoms with Crippen molar-refractivity contribution in [3.8, 4) is 0 Å². The number of fused-ring (bicyclic) bond motifs is 1. The number of amides is 1. The van der Waals surface area contributed by atoms with E-state index in [1.165, 1.54) is 6.07 Å². The maximum absolute atomic E-state index is 11.9. The minimum absolute atomic E-state index is 0.0426. The molecule has 1 N–H and O–H groups in total. The standard InChI is InChI=1S/C17H14N2O4/c1-11-8-15(19-23-11)17(21)22-10-16(20)18-14-7-6-12-4-2-3-5-13(12)9-14/h2-9H,10H2,1H3,(H,18,20). The molecule has 0 unspecified atom stereocenters. The average Bonchev–Trinajstić information content (AvgIpc) is 2.99. The molecule has 23 heavy (non-hydrogen) atoms. The molecular formula is C17H14N2O4. The maximum atomic E-state index is 11.9. The molecule has 0 aliphatic rings. The number of anilines is 1. The summed E-state index contributed by atoms with van der Waals surface area (Å²) in [4.78, 5) is 23.5. The quantitative estimate of drug-likeness (QED) is 0.749. The SMILES string of the molecule is Cc1cc(C(=O)OCC(=O)Nc2ccc3ccccc3c2)no1. The summed E-state index contributed by atoms with van der Waals surface area (Å²) in [5.74, 6) is -0.623. The van der Waals surface area contributed by atoms with Crippen molar-refractivity contribution in [2.75, 3.05) is 11.9 Å². The Labute approximate surface area is 132 Å². The number of aryl methyl sites for hydroxylation is 1. The first-order valence-corrected chi connectivity index (χ1v) is 7.01. The number of hydrogen-bond donors (Lipinski definition) is 1. The van der Waals surface area contributed by atoms with Crippen LogP contribution in [0.4, 0.5) is 5.69 Å². The Hall–Kier alpha value is -3.15. The molecule has 3 rings (SSSR count). The summed E-state index contributed by atoms with van der Waals surface area (Å²) >= 11 is 0. The van der Waals surface area contributed by atoms with E-state index in [-0.39, 0.29) is 5.69 Å². The highest BCUT2D eigenvalue weighted by atomic mass is 16.5. The Morgan fingerprint density at radius 3 is 2.65 bits per heavy atom. The van der Waals surface area contributed by atoms with Crippen LogP contribution in [0.15, 0.2) is 53.1 Å². The number of carbonyl (C=O) groups excluding carboxylic acids is 2. The molecule has 0 spiro atoms. The van der Waals surface area contributed by atoms with E-state index in [0.29, 0.717) is 11.4 Å². The van der Waals surface area contributed by atoms with Gasteiger partial charge in [0.1, 0.15) is 5.76 Å². The molecule has 0 saturated heterocycles. The molecule has 0 fully saturated rings. The van der Waals surface area contributed by atoms with E-state index in [1.807, 2.05) is 36.4 Å². The van der Waals surface area contributed by atoms with Gasteiger partial charge in [-0.1, -0.05) is 35.5 Å². The van der Waals surface area contributed by atoms with Crippen molar-refractivity contribution in [1.82, 2.24) is 5.16 Å². The van der Waals surface area contributed by atoms with E-state index in [2.05, 4.69) is 10.5 Å². The van der Waals surface area contributed by atoms with Crippen LogP contribution >= 0.6 is 0 Å². The van der Waals surface area contributed by atoms with Crippen LogP contribution in [0.25, 0.3) is 10.8 Å². The Morgan fingerprint density at radius 2 is 1.91 bits per heavy atom. The van der Waals surface area contributed by atoms with Gasteiger partial charge in [0.15, 0.2) is 12.3 Å². The Balaban J connectivity index is 1.59. The summed E-state index contributed by atoms with van der Waals surface area (Å²) in [7, 11) is 0. The second kappa shape index (κ2) is 6.31. The van der Waals surface area contributed by atoms with Gasteiger partial charge in [0.25, 0.3) is 5.91 Å². The number of carbonyl (C=O) groups is 2. The van der Waals surface area contributed by atoms with Crippen LogP contribution in [0.5, 0.6) is 0 Å². The third-order valence-corrected chi connectivity index (χ3v) is 3.20. The summed E-state index contributed by atoms with van der Waals surface area (Å²) in [6.07, 6.45) is 0. The number of hydrogen-bond acceptors (Lipinski definition) is 5. The van der Waals surface area contributed by atoms with E-state index < -0.39 is 18.5 Å². The molecule has 1 heterocycles. The third kappa shape index (κ3) is 3.55. The summed E-state index contributed by atoms with van der Waals surface area (Å²) < 4.78 is 9.67. The zero-order valence-corrected chi connectivity index (χ0v) is 12.4. The minimum Gasteiger partial charge on any atom is -0.451 e. The Kier molecular flexibility index (Phi) is 4.05. The molecule has 0 atom stereocenters. The summed E-state index contributed by atoms with van der Waals surface area (Å²) in [6.45, 7) is 1.27. The van der Waals surface area contributed by atoms with E-state index in [1.54, 1.807) is 13.0 Å². The minimum atomic E-state index is -0.699. The van der Waals surface area contributed by atoms with E-state index in [4.69, 9.17) is 9.26 Å². The predicted molar refractivity (Wildman–Crippen MR) is 84.1 cm³/mol. The van der Waals surface area contributed by atoms with Crippen LogP contribution in [0.1, 0.15) is 16.2 Å². The molecule has 3 aromatic rings.